The molecule has 10 heteroatoms. The summed E-state index contributed by atoms with van der Waals surface area (Å²) in [7, 11) is -2.18. The van der Waals surface area contributed by atoms with Gasteiger partial charge < -0.3 is 15.7 Å². The van der Waals surface area contributed by atoms with Crippen LogP contribution in [-0.4, -0.2) is 45.1 Å². The molecule has 2 saturated heterocycles. The minimum atomic E-state index is -2.18. The number of thioether (sulfide) groups is 1. The summed E-state index contributed by atoms with van der Waals surface area (Å²) in [6, 6.07) is 0.440. The van der Waals surface area contributed by atoms with E-state index < -0.39 is 13.2 Å². The molecule has 7 nitrogen and oxygen atoms in total. The first-order chi connectivity index (χ1) is 9.40. The monoisotopic (exact) mass is 341 g/mol. The van der Waals surface area contributed by atoms with Gasteiger partial charge in [0.25, 0.3) is 0 Å². The van der Waals surface area contributed by atoms with Gasteiger partial charge in [0.05, 0.1) is 12.1 Å². The van der Waals surface area contributed by atoms with Gasteiger partial charge in [0.1, 0.15) is 12.2 Å². The van der Waals surface area contributed by atoms with Gasteiger partial charge in [-0.2, -0.15) is 16.7 Å². The normalized spacial score (nSPS) is 27.8. The highest BCUT2D eigenvalue weighted by atomic mass is 32.7. The second kappa shape index (κ2) is 8.71. The Bertz CT molecular complexity index is 381. The number of carbonyl (C=O) groups is 2. The maximum absolute atomic E-state index is 11.1. The molecule has 0 aromatic rings. The molecule has 0 saturated carbocycles. The van der Waals surface area contributed by atoms with Crippen molar-refractivity contribution in [1.29, 1.82) is 0 Å². The highest BCUT2D eigenvalue weighted by molar-refractivity contribution is 8.38. The first-order valence-corrected chi connectivity index (χ1v) is 9.57. The molecule has 4 atom stereocenters. The number of thiol groups is 1. The van der Waals surface area contributed by atoms with E-state index in [0.717, 1.165) is 25.0 Å². The summed E-state index contributed by atoms with van der Waals surface area (Å²) in [5, 5.41) is 14.8. The second-order valence-corrected chi connectivity index (χ2v) is 7.32. The third kappa shape index (κ3) is 6.30. The molecule has 114 valence electrons. The van der Waals surface area contributed by atoms with Crippen molar-refractivity contribution >= 4 is 43.2 Å². The van der Waals surface area contributed by atoms with Crippen LogP contribution in [0.1, 0.15) is 25.7 Å². The van der Waals surface area contributed by atoms with Gasteiger partial charge in [0, 0.05) is 17.4 Å². The van der Waals surface area contributed by atoms with Crippen LogP contribution in [-0.2, 0) is 9.36 Å². The molecule has 2 heterocycles. The molecular weight excluding hydrogens is 323 g/mol. The average molecular weight is 341 g/mol. The van der Waals surface area contributed by atoms with Gasteiger partial charge >= 0.3 is 19.2 Å². The minimum absolute atomic E-state index is 0.0640. The number of carboxylic acids is 1. The number of rotatable bonds is 5. The fourth-order valence-corrected chi connectivity index (χ4v) is 3.81. The van der Waals surface area contributed by atoms with Crippen LogP contribution in [0.2, 0.25) is 0 Å². The first kappa shape index (κ1) is 17.6. The lowest BCUT2D eigenvalue weighted by molar-refractivity contribution is -0.137. The molecule has 2 rings (SSSR count). The fourth-order valence-electron chi connectivity index (χ4n) is 2.26. The van der Waals surface area contributed by atoms with Crippen LogP contribution in [0, 0.1) is 0 Å². The summed E-state index contributed by atoms with van der Waals surface area (Å²) >= 11 is 4.90. The largest absolute Gasteiger partial charge is 0.579 e. The number of hydrogen-bond donors (Lipinski definition) is 5. The Labute approximate surface area is 127 Å². The van der Waals surface area contributed by atoms with Gasteiger partial charge in [0.15, 0.2) is 0 Å². The van der Waals surface area contributed by atoms with Crippen LogP contribution in [0.25, 0.3) is 0 Å². The summed E-state index contributed by atoms with van der Waals surface area (Å²) in [6.45, 7) is 0. The van der Waals surface area contributed by atoms with Crippen molar-refractivity contribution in [2.45, 2.75) is 43.0 Å². The summed E-state index contributed by atoms with van der Waals surface area (Å²) in [5.74, 6) is 0.236. The smallest absolute Gasteiger partial charge is 0.481 e. The van der Waals surface area contributed by atoms with Crippen LogP contribution < -0.4 is 10.6 Å². The van der Waals surface area contributed by atoms with Crippen LogP contribution in [0.3, 0.4) is 0 Å². The molecule has 2 amide bonds. The predicted molar refractivity (Wildman–Crippen MR) is 80.4 cm³/mol. The topological polar surface area (TPSA) is 116 Å². The Morgan fingerprint density at radius 1 is 1.45 bits per heavy atom. The lowest BCUT2D eigenvalue weighted by Gasteiger charge is -2.16. The summed E-state index contributed by atoms with van der Waals surface area (Å²) < 4.78 is 9.01. The molecule has 2 fully saturated rings. The molecule has 0 aliphatic carbocycles. The molecule has 0 bridgehead atoms. The average Bonchev–Trinajstić information content (AvgIpc) is 2.83. The minimum Gasteiger partial charge on any atom is -0.481 e. The van der Waals surface area contributed by atoms with Crippen molar-refractivity contribution < 1.29 is 24.2 Å². The van der Waals surface area contributed by atoms with Crippen molar-refractivity contribution in [2.24, 2.45) is 0 Å². The van der Waals surface area contributed by atoms with E-state index in [1.807, 2.05) is 11.8 Å². The zero-order chi connectivity index (χ0) is 15.1. The van der Waals surface area contributed by atoms with Crippen LogP contribution in [0.15, 0.2) is 0 Å². The summed E-state index contributed by atoms with van der Waals surface area (Å²) in [6.07, 6.45) is 2.88. The third-order valence-corrected chi connectivity index (χ3v) is 4.58. The van der Waals surface area contributed by atoms with E-state index in [9.17, 15) is 9.59 Å². The maximum atomic E-state index is 11.1. The number of carboxylic acid groups (broad SMARTS) is 1. The van der Waals surface area contributed by atoms with Gasteiger partial charge in [-0.25, -0.2) is 4.79 Å². The van der Waals surface area contributed by atoms with Crippen LogP contribution in [0.5, 0.6) is 0 Å². The number of amides is 2. The number of aliphatic carboxylic acids is 1. The van der Waals surface area contributed by atoms with E-state index in [1.54, 1.807) is 0 Å². The van der Waals surface area contributed by atoms with E-state index in [1.165, 1.54) is 0 Å². The SMILES string of the molecule is O=C(O)CCCC[C@@H]1SC[C@@H]2NC(=O)N[C@@H]21.O=[P+](O)S. The molecule has 0 radical (unpaired) electrons. The zero-order valence-electron chi connectivity index (χ0n) is 10.7. The standard InChI is InChI=1S/C10H16N2O3S.HO2PS/c13-8(14)4-2-1-3-7-9-6(5-16-7)11-10(15)12-9;1-3(2)4/h6-7,9H,1-5H2,(H,13,14)(H2,11,12,15);(H-,1,2,4)/p+1/t6-,7-,9-;/m0./s1. The molecule has 0 aromatic carbocycles. The fraction of sp³-hybridized carbons (Fsp3) is 0.800. The molecule has 4 N–H and O–H groups in total. The Hall–Kier alpha value is -0.500. The van der Waals surface area contributed by atoms with Crippen LogP contribution in [0.4, 0.5) is 4.79 Å². The van der Waals surface area contributed by atoms with Gasteiger partial charge in [-0.15, -0.1) is 0 Å². The zero-order valence-corrected chi connectivity index (χ0v) is 13.3. The second-order valence-electron chi connectivity index (χ2n) is 4.51. The molecular formula is C10H18N2O5PS2+. The highest BCUT2D eigenvalue weighted by Crippen LogP contribution is 2.33. The van der Waals surface area contributed by atoms with E-state index in [2.05, 4.69) is 22.9 Å². The van der Waals surface area contributed by atoms with Crippen molar-refractivity contribution in [1.82, 2.24) is 10.6 Å². The Kier molecular flexibility index (Phi) is 7.65. The quantitative estimate of drug-likeness (QED) is 0.223. The van der Waals surface area contributed by atoms with E-state index in [0.29, 0.717) is 5.25 Å². The maximum Gasteiger partial charge on any atom is 0.579 e. The van der Waals surface area contributed by atoms with Gasteiger partial charge in [-0.1, -0.05) is 6.42 Å². The number of fused-ring (bicyclic) bond motifs is 1. The van der Waals surface area contributed by atoms with E-state index >= 15 is 0 Å². The number of urea groups is 1. The molecule has 0 aromatic heterocycles. The number of carbonyl (C=O) groups excluding carboxylic acids is 1. The molecule has 2 aliphatic heterocycles. The third-order valence-electron chi connectivity index (χ3n) is 3.07. The van der Waals surface area contributed by atoms with E-state index in [-0.39, 0.29) is 24.5 Å². The molecule has 2 aliphatic rings. The molecule has 1 unspecified atom stereocenters. The lowest BCUT2D eigenvalue weighted by Crippen LogP contribution is -2.36. The van der Waals surface area contributed by atoms with Gasteiger partial charge in [-0.3, -0.25) is 4.79 Å². The van der Waals surface area contributed by atoms with Gasteiger partial charge in [0.2, 0.25) is 0 Å². The summed E-state index contributed by atoms with van der Waals surface area (Å²) in [4.78, 5) is 28.9. The van der Waals surface area contributed by atoms with Crippen molar-refractivity contribution in [3.8, 4) is 0 Å². The molecule has 20 heavy (non-hydrogen) atoms. The summed E-state index contributed by atoms with van der Waals surface area (Å²) in [5.41, 5.74) is 0. The van der Waals surface area contributed by atoms with Gasteiger partial charge in [-0.05, 0) is 17.4 Å². The Morgan fingerprint density at radius 3 is 2.70 bits per heavy atom. The van der Waals surface area contributed by atoms with Crippen molar-refractivity contribution in [3.63, 3.8) is 0 Å². The first-order valence-electron chi connectivity index (χ1n) is 6.15. The Balaban J connectivity index is 0.000000444. The number of nitrogens with one attached hydrogen (secondary N) is 2. The number of hydrogen-bond acceptors (Lipinski definition) is 4. The van der Waals surface area contributed by atoms with Crippen molar-refractivity contribution in [3.05, 3.63) is 0 Å². The highest BCUT2D eigenvalue weighted by Gasteiger charge is 2.42. The number of unbranched alkanes of at least 4 members (excludes halogenated alkanes) is 1. The Morgan fingerprint density at radius 2 is 2.10 bits per heavy atom. The molecule has 0 spiro atoms. The predicted octanol–water partition coefficient (Wildman–Crippen LogP) is 1.36. The van der Waals surface area contributed by atoms with Crippen LogP contribution >= 0.6 is 31.2 Å². The van der Waals surface area contributed by atoms with Crippen molar-refractivity contribution in [2.75, 3.05) is 5.75 Å². The van der Waals surface area contributed by atoms with E-state index in [4.69, 9.17) is 14.6 Å². The lowest BCUT2D eigenvalue weighted by atomic mass is 10.0.